The van der Waals surface area contributed by atoms with Crippen LogP contribution in [0.15, 0.2) is 22.9 Å². The van der Waals surface area contributed by atoms with Crippen molar-refractivity contribution < 1.29 is 4.39 Å². The van der Waals surface area contributed by atoms with Gasteiger partial charge < -0.3 is 5.73 Å². The van der Waals surface area contributed by atoms with Gasteiger partial charge in [0, 0.05) is 0 Å². The minimum Gasteiger partial charge on any atom is -0.366 e. The number of rotatable bonds is 2. The summed E-state index contributed by atoms with van der Waals surface area (Å²) in [5.41, 5.74) is 6.15. The lowest BCUT2D eigenvalue weighted by Gasteiger charge is -2.03. The van der Waals surface area contributed by atoms with E-state index in [0.717, 1.165) is 5.56 Å². The van der Waals surface area contributed by atoms with Crippen molar-refractivity contribution in [3.8, 4) is 0 Å². The highest BCUT2D eigenvalue weighted by Crippen LogP contribution is 2.17. The van der Waals surface area contributed by atoms with Crippen LogP contribution in [-0.2, 0) is 6.54 Å². The van der Waals surface area contributed by atoms with Crippen LogP contribution in [0.4, 0.5) is 10.3 Å². The number of nitrogen functional groups attached to an aromatic ring is 1. The largest absolute Gasteiger partial charge is 0.366 e. The molecule has 0 saturated heterocycles. The fourth-order valence-electron chi connectivity index (χ4n) is 1.25. The Kier molecular flexibility index (Phi) is 3.11. The van der Waals surface area contributed by atoms with E-state index in [1.165, 1.54) is 16.8 Å². The summed E-state index contributed by atoms with van der Waals surface area (Å²) in [4.78, 5) is 3.87. The molecule has 0 radical (unpaired) electrons. The van der Waals surface area contributed by atoms with Gasteiger partial charge in [0.1, 0.15) is 5.82 Å². The van der Waals surface area contributed by atoms with Crippen LogP contribution in [0.25, 0.3) is 0 Å². The van der Waals surface area contributed by atoms with E-state index in [-0.39, 0.29) is 11.0 Å². The molecular formula is C9H7BrClFN4. The molecule has 0 fully saturated rings. The van der Waals surface area contributed by atoms with Crippen LogP contribution >= 0.6 is 27.5 Å². The molecule has 84 valence electrons. The smallest absolute Gasteiger partial charge is 0.240 e. The number of nitrogens with two attached hydrogens (primary N) is 1. The summed E-state index contributed by atoms with van der Waals surface area (Å²) in [5, 5.41) is 4.04. The van der Waals surface area contributed by atoms with E-state index in [0.29, 0.717) is 11.3 Å². The molecule has 2 aromatic rings. The first-order valence-corrected chi connectivity index (χ1v) is 5.53. The summed E-state index contributed by atoms with van der Waals surface area (Å²) >= 11 is 8.78. The molecular weight excluding hydrogens is 298 g/mol. The Balaban J connectivity index is 2.27. The third kappa shape index (κ3) is 2.33. The fraction of sp³-hybridized carbons (Fsp3) is 0.111. The number of hydrogen-bond donors (Lipinski definition) is 1. The molecule has 0 saturated carbocycles. The zero-order chi connectivity index (χ0) is 11.7. The molecule has 0 atom stereocenters. The van der Waals surface area contributed by atoms with Crippen molar-refractivity contribution in [3.63, 3.8) is 0 Å². The van der Waals surface area contributed by atoms with Gasteiger partial charge in [-0.2, -0.15) is 4.98 Å². The van der Waals surface area contributed by atoms with Gasteiger partial charge >= 0.3 is 0 Å². The molecule has 16 heavy (non-hydrogen) atoms. The molecule has 2 rings (SSSR count). The maximum Gasteiger partial charge on any atom is 0.240 e. The van der Waals surface area contributed by atoms with Crippen LogP contribution in [0, 0.1) is 5.82 Å². The lowest BCUT2D eigenvalue weighted by molar-refractivity contribution is 0.617. The van der Waals surface area contributed by atoms with Gasteiger partial charge in [-0.05, 0) is 33.6 Å². The zero-order valence-electron chi connectivity index (χ0n) is 7.99. The number of halogens is 3. The van der Waals surface area contributed by atoms with Crippen molar-refractivity contribution in [3.05, 3.63) is 39.3 Å². The van der Waals surface area contributed by atoms with Gasteiger partial charge in [0.05, 0.1) is 11.6 Å². The maximum atomic E-state index is 13.2. The zero-order valence-corrected chi connectivity index (χ0v) is 10.3. The SMILES string of the molecule is Nc1nc(Br)n(Cc2ccc(Cl)c(F)c2)n1. The molecule has 2 N–H and O–H groups in total. The van der Waals surface area contributed by atoms with Gasteiger partial charge in [0.2, 0.25) is 5.95 Å². The second-order valence-corrected chi connectivity index (χ2v) is 4.26. The number of anilines is 1. The molecule has 1 heterocycles. The molecule has 1 aromatic carbocycles. The van der Waals surface area contributed by atoms with Crippen LogP contribution in [0.2, 0.25) is 5.02 Å². The van der Waals surface area contributed by atoms with Gasteiger partial charge in [-0.1, -0.05) is 17.7 Å². The van der Waals surface area contributed by atoms with Crippen LogP contribution < -0.4 is 5.73 Å². The maximum absolute atomic E-state index is 13.2. The first kappa shape index (κ1) is 11.3. The predicted octanol–water partition coefficient (Wildman–Crippen LogP) is 2.46. The number of nitrogens with zero attached hydrogens (tertiary/aromatic N) is 3. The van der Waals surface area contributed by atoms with Gasteiger partial charge in [-0.3, -0.25) is 0 Å². The van der Waals surface area contributed by atoms with E-state index in [1.807, 2.05) is 0 Å². The third-order valence-electron chi connectivity index (χ3n) is 1.96. The van der Waals surface area contributed by atoms with Gasteiger partial charge in [-0.15, -0.1) is 5.10 Å². The Morgan fingerprint density at radius 2 is 2.25 bits per heavy atom. The lowest BCUT2D eigenvalue weighted by Crippen LogP contribution is -2.03. The second kappa shape index (κ2) is 4.39. The Morgan fingerprint density at radius 3 is 2.81 bits per heavy atom. The summed E-state index contributed by atoms with van der Waals surface area (Å²) in [6.07, 6.45) is 0. The first-order chi connectivity index (χ1) is 7.56. The molecule has 0 bridgehead atoms. The fourth-order valence-corrected chi connectivity index (χ4v) is 1.75. The topological polar surface area (TPSA) is 56.7 Å². The Labute approximate surface area is 104 Å². The van der Waals surface area contributed by atoms with Crippen LogP contribution in [-0.4, -0.2) is 14.8 Å². The first-order valence-electron chi connectivity index (χ1n) is 4.36. The summed E-state index contributed by atoms with van der Waals surface area (Å²) < 4.78 is 15.2. The summed E-state index contributed by atoms with van der Waals surface area (Å²) in [6, 6.07) is 4.57. The average molecular weight is 306 g/mol. The molecule has 0 amide bonds. The van der Waals surface area contributed by atoms with Gasteiger partial charge in [0.25, 0.3) is 0 Å². The number of aromatic nitrogens is 3. The van der Waals surface area contributed by atoms with Crippen LogP contribution in [0.3, 0.4) is 0 Å². The number of benzene rings is 1. The van der Waals surface area contributed by atoms with E-state index >= 15 is 0 Å². The van der Waals surface area contributed by atoms with E-state index in [1.54, 1.807) is 6.07 Å². The summed E-state index contributed by atoms with van der Waals surface area (Å²) in [5.74, 6) is -0.287. The second-order valence-electron chi connectivity index (χ2n) is 3.15. The van der Waals surface area contributed by atoms with Crippen LogP contribution in [0.1, 0.15) is 5.56 Å². The normalized spacial score (nSPS) is 10.7. The van der Waals surface area contributed by atoms with Crippen LogP contribution in [0.5, 0.6) is 0 Å². The summed E-state index contributed by atoms with van der Waals surface area (Å²) in [7, 11) is 0. The standard InChI is InChI=1S/C9H7BrClFN4/c10-8-14-9(13)15-16(8)4-5-1-2-6(11)7(12)3-5/h1-3H,4H2,(H2,13,15). The molecule has 0 aliphatic rings. The highest BCUT2D eigenvalue weighted by molar-refractivity contribution is 9.10. The minimum atomic E-state index is -0.455. The molecule has 0 spiro atoms. The van der Waals surface area contributed by atoms with Crippen molar-refractivity contribution >= 4 is 33.5 Å². The Bertz CT molecular complexity index is 528. The van der Waals surface area contributed by atoms with Crippen molar-refractivity contribution in [2.24, 2.45) is 0 Å². The Hall–Kier alpha value is -1.14. The molecule has 0 aliphatic heterocycles. The molecule has 0 aliphatic carbocycles. The monoisotopic (exact) mass is 304 g/mol. The van der Waals surface area contributed by atoms with Crippen molar-refractivity contribution in [1.29, 1.82) is 0 Å². The van der Waals surface area contributed by atoms with E-state index in [9.17, 15) is 4.39 Å². The highest BCUT2D eigenvalue weighted by atomic mass is 79.9. The van der Waals surface area contributed by atoms with Gasteiger partial charge in [0.15, 0.2) is 4.73 Å². The van der Waals surface area contributed by atoms with Crippen molar-refractivity contribution in [2.45, 2.75) is 6.54 Å². The van der Waals surface area contributed by atoms with Crippen molar-refractivity contribution in [2.75, 3.05) is 5.73 Å². The van der Waals surface area contributed by atoms with E-state index in [2.05, 4.69) is 26.0 Å². The van der Waals surface area contributed by atoms with E-state index in [4.69, 9.17) is 17.3 Å². The highest BCUT2D eigenvalue weighted by Gasteiger charge is 2.07. The average Bonchev–Trinajstić information content (AvgIpc) is 2.51. The summed E-state index contributed by atoms with van der Waals surface area (Å²) in [6.45, 7) is 0.374. The predicted molar refractivity (Wildman–Crippen MR) is 62.6 cm³/mol. The lowest BCUT2D eigenvalue weighted by atomic mass is 10.2. The van der Waals surface area contributed by atoms with E-state index < -0.39 is 5.82 Å². The molecule has 1 aromatic heterocycles. The third-order valence-corrected chi connectivity index (χ3v) is 2.85. The van der Waals surface area contributed by atoms with Gasteiger partial charge in [-0.25, -0.2) is 9.07 Å². The molecule has 7 heteroatoms. The molecule has 0 unspecified atom stereocenters. The van der Waals surface area contributed by atoms with Crippen molar-refractivity contribution in [1.82, 2.24) is 14.8 Å². The number of hydrogen-bond acceptors (Lipinski definition) is 3. The Morgan fingerprint density at radius 1 is 1.50 bits per heavy atom. The minimum absolute atomic E-state index is 0.0981. The quantitative estimate of drug-likeness (QED) is 0.927. The molecule has 4 nitrogen and oxygen atoms in total.